The van der Waals surface area contributed by atoms with Gasteiger partial charge in [0, 0.05) is 11.6 Å². The number of hydrogen-bond acceptors (Lipinski definition) is 3. The van der Waals surface area contributed by atoms with E-state index in [1.807, 2.05) is 42.5 Å². The molecule has 154 valence electrons. The van der Waals surface area contributed by atoms with E-state index in [0.717, 1.165) is 33.7 Å². The van der Waals surface area contributed by atoms with Gasteiger partial charge in [-0.1, -0.05) is 49.6 Å². The van der Waals surface area contributed by atoms with E-state index in [9.17, 15) is 5.26 Å². The summed E-state index contributed by atoms with van der Waals surface area (Å²) in [5.41, 5.74) is 4.89. The zero-order chi connectivity index (χ0) is 21.0. The molecule has 5 rings (SSSR count). The van der Waals surface area contributed by atoms with Crippen LogP contribution in [0.25, 0.3) is 22.4 Å². The molecule has 0 aliphatic heterocycles. The van der Waals surface area contributed by atoms with Crippen molar-refractivity contribution in [3.05, 3.63) is 83.9 Å². The van der Waals surface area contributed by atoms with Crippen LogP contribution < -0.4 is 4.74 Å². The van der Waals surface area contributed by atoms with Gasteiger partial charge >= 0.3 is 0 Å². The number of nitriles is 1. The number of ether oxygens (including phenoxy) is 1. The minimum absolute atomic E-state index is 0.454. The molecule has 0 spiro atoms. The van der Waals surface area contributed by atoms with E-state index in [0.29, 0.717) is 18.2 Å². The van der Waals surface area contributed by atoms with Crippen LogP contribution in [0.15, 0.2) is 72.8 Å². The van der Waals surface area contributed by atoms with Crippen LogP contribution in [0.1, 0.15) is 49.3 Å². The molecule has 1 aliphatic carbocycles. The first-order valence-electron chi connectivity index (χ1n) is 11.0. The Morgan fingerprint density at radius 2 is 1.71 bits per heavy atom. The van der Waals surface area contributed by atoms with Gasteiger partial charge < -0.3 is 9.30 Å². The highest BCUT2D eigenvalue weighted by Crippen LogP contribution is 2.36. The molecular formula is C27H25N3O. The Morgan fingerprint density at radius 1 is 0.935 bits per heavy atom. The second-order valence-electron chi connectivity index (χ2n) is 8.21. The molecule has 31 heavy (non-hydrogen) atoms. The Hall–Kier alpha value is -3.58. The molecule has 4 heteroatoms. The lowest BCUT2D eigenvalue weighted by Crippen LogP contribution is -2.14. The van der Waals surface area contributed by atoms with Gasteiger partial charge in [0.05, 0.1) is 22.7 Å². The van der Waals surface area contributed by atoms with E-state index in [-0.39, 0.29) is 0 Å². The molecule has 0 atom stereocenters. The molecule has 0 N–H and O–H groups in total. The summed E-state index contributed by atoms with van der Waals surface area (Å²) in [6, 6.07) is 26.9. The van der Waals surface area contributed by atoms with Gasteiger partial charge in [-0.3, -0.25) is 0 Å². The highest BCUT2D eigenvalue weighted by atomic mass is 16.5. The summed E-state index contributed by atoms with van der Waals surface area (Å²) in [5, 5.41) is 9.30. The molecule has 1 heterocycles. The van der Waals surface area contributed by atoms with Gasteiger partial charge in [-0.15, -0.1) is 0 Å². The van der Waals surface area contributed by atoms with Crippen LogP contribution in [0.3, 0.4) is 0 Å². The van der Waals surface area contributed by atoms with Gasteiger partial charge in [0.1, 0.15) is 18.2 Å². The van der Waals surface area contributed by atoms with Crippen molar-refractivity contribution >= 4 is 11.0 Å². The van der Waals surface area contributed by atoms with Crippen LogP contribution in [0.4, 0.5) is 0 Å². The summed E-state index contributed by atoms with van der Waals surface area (Å²) in [4.78, 5) is 4.96. The highest BCUT2D eigenvalue weighted by Gasteiger charge is 2.22. The van der Waals surface area contributed by atoms with Crippen LogP contribution in [-0.2, 0) is 6.61 Å². The lowest BCUT2D eigenvalue weighted by atomic mass is 9.95. The number of hydrogen-bond donors (Lipinski definition) is 0. The minimum atomic E-state index is 0.454. The first-order valence-corrected chi connectivity index (χ1v) is 11.0. The number of aromatic nitrogens is 2. The summed E-state index contributed by atoms with van der Waals surface area (Å²) < 4.78 is 8.35. The Labute approximate surface area is 182 Å². The van der Waals surface area contributed by atoms with Crippen LogP contribution in [0.2, 0.25) is 0 Å². The normalized spacial score (nSPS) is 14.4. The molecule has 4 aromatic rings. The van der Waals surface area contributed by atoms with E-state index in [1.165, 1.54) is 32.1 Å². The van der Waals surface area contributed by atoms with Crippen LogP contribution >= 0.6 is 0 Å². The number of imidazole rings is 1. The fourth-order valence-electron chi connectivity index (χ4n) is 4.52. The lowest BCUT2D eigenvalue weighted by molar-refractivity contribution is 0.306. The van der Waals surface area contributed by atoms with Crippen molar-refractivity contribution in [3.63, 3.8) is 0 Å². The third-order valence-electron chi connectivity index (χ3n) is 6.12. The minimum Gasteiger partial charge on any atom is -0.489 e. The molecule has 0 unspecified atom stereocenters. The van der Waals surface area contributed by atoms with E-state index >= 15 is 0 Å². The van der Waals surface area contributed by atoms with Gasteiger partial charge in [-0.25, -0.2) is 4.98 Å². The zero-order valence-corrected chi connectivity index (χ0v) is 17.5. The Morgan fingerprint density at radius 3 is 2.45 bits per heavy atom. The zero-order valence-electron chi connectivity index (χ0n) is 17.5. The average Bonchev–Trinajstić information content (AvgIpc) is 3.23. The van der Waals surface area contributed by atoms with E-state index in [4.69, 9.17) is 9.72 Å². The van der Waals surface area contributed by atoms with Crippen molar-refractivity contribution in [3.8, 4) is 23.2 Å². The summed E-state index contributed by atoms with van der Waals surface area (Å²) >= 11 is 0. The second kappa shape index (κ2) is 8.65. The Bertz CT molecular complexity index is 1210. The maximum absolute atomic E-state index is 9.30. The topological polar surface area (TPSA) is 50.8 Å². The van der Waals surface area contributed by atoms with E-state index in [2.05, 4.69) is 41.0 Å². The molecule has 0 saturated heterocycles. The summed E-state index contributed by atoms with van der Waals surface area (Å²) in [6.45, 7) is 0.553. The number of nitrogens with zero attached hydrogens (tertiary/aromatic N) is 3. The van der Waals surface area contributed by atoms with Gasteiger partial charge in [-0.05, 0) is 60.9 Å². The number of rotatable bonds is 5. The lowest BCUT2D eigenvalue weighted by Gasteiger charge is -2.25. The van der Waals surface area contributed by atoms with E-state index in [1.54, 1.807) is 0 Å². The number of benzene rings is 3. The molecule has 1 aliphatic rings. The van der Waals surface area contributed by atoms with Gasteiger partial charge in [0.2, 0.25) is 0 Å². The van der Waals surface area contributed by atoms with Gasteiger partial charge in [-0.2, -0.15) is 5.26 Å². The SMILES string of the molecule is N#Cc1ccc2c(c1)nc(-c1ccc(OCc3ccccc3)cc1)n2C1CCCCC1. The molecule has 1 fully saturated rings. The first-order chi connectivity index (χ1) is 15.3. The molecule has 1 saturated carbocycles. The van der Waals surface area contributed by atoms with Gasteiger partial charge in [0.25, 0.3) is 0 Å². The Kier molecular flexibility index (Phi) is 5.41. The second-order valence-corrected chi connectivity index (χ2v) is 8.21. The van der Waals surface area contributed by atoms with Crippen LogP contribution in [0, 0.1) is 11.3 Å². The smallest absolute Gasteiger partial charge is 0.141 e. The fraction of sp³-hybridized carbons (Fsp3) is 0.259. The summed E-state index contributed by atoms with van der Waals surface area (Å²) in [6.07, 6.45) is 6.18. The largest absolute Gasteiger partial charge is 0.489 e. The van der Waals surface area contributed by atoms with Crippen molar-refractivity contribution in [2.45, 2.75) is 44.8 Å². The maximum Gasteiger partial charge on any atom is 0.141 e. The van der Waals surface area contributed by atoms with Crippen LogP contribution in [0.5, 0.6) is 5.75 Å². The molecular weight excluding hydrogens is 382 g/mol. The maximum atomic E-state index is 9.30. The Balaban J connectivity index is 1.47. The molecule has 0 radical (unpaired) electrons. The molecule has 4 nitrogen and oxygen atoms in total. The molecule has 1 aromatic heterocycles. The average molecular weight is 408 g/mol. The third kappa shape index (κ3) is 4.04. The molecule has 0 bridgehead atoms. The monoisotopic (exact) mass is 407 g/mol. The van der Waals surface area contributed by atoms with Crippen molar-refractivity contribution in [2.75, 3.05) is 0 Å². The summed E-state index contributed by atoms with van der Waals surface area (Å²) in [5.74, 6) is 1.83. The number of fused-ring (bicyclic) bond motifs is 1. The summed E-state index contributed by atoms with van der Waals surface area (Å²) in [7, 11) is 0. The van der Waals surface area contributed by atoms with E-state index < -0.39 is 0 Å². The highest BCUT2D eigenvalue weighted by molar-refractivity contribution is 5.82. The van der Waals surface area contributed by atoms with Gasteiger partial charge in [0.15, 0.2) is 0 Å². The van der Waals surface area contributed by atoms with Crippen molar-refractivity contribution in [2.24, 2.45) is 0 Å². The predicted octanol–water partition coefficient (Wildman–Crippen LogP) is 6.66. The molecule has 3 aromatic carbocycles. The van der Waals surface area contributed by atoms with Crippen molar-refractivity contribution in [1.29, 1.82) is 5.26 Å². The van der Waals surface area contributed by atoms with Crippen molar-refractivity contribution in [1.82, 2.24) is 9.55 Å². The van der Waals surface area contributed by atoms with Crippen molar-refractivity contribution < 1.29 is 4.74 Å². The predicted molar refractivity (Wildman–Crippen MR) is 123 cm³/mol. The molecule has 0 amide bonds. The first kappa shape index (κ1) is 19.4. The third-order valence-corrected chi connectivity index (χ3v) is 6.12. The fourth-order valence-corrected chi connectivity index (χ4v) is 4.52. The van der Waals surface area contributed by atoms with Crippen LogP contribution in [-0.4, -0.2) is 9.55 Å². The quantitative estimate of drug-likeness (QED) is 0.372. The standard InChI is InChI=1S/C27H25N3O/c28-18-21-11-16-26-25(17-21)29-27(30(26)23-9-5-2-6-10-23)22-12-14-24(15-13-22)31-19-20-7-3-1-4-8-20/h1,3-4,7-8,11-17,23H,2,5-6,9-10,19H2.